The van der Waals surface area contributed by atoms with Crippen molar-refractivity contribution in [2.24, 2.45) is 5.92 Å². The van der Waals surface area contributed by atoms with Crippen LogP contribution >= 0.6 is 0 Å². The Kier molecular flexibility index (Phi) is 4.25. The molecule has 21 heavy (non-hydrogen) atoms. The van der Waals surface area contributed by atoms with Gasteiger partial charge in [-0.2, -0.15) is 5.10 Å². The van der Waals surface area contributed by atoms with E-state index in [9.17, 15) is 0 Å². The summed E-state index contributed by atoms with van der Waals surface area (Å²) in [4.78, 5) is 2.42. The van der Waals surface area contributed by atoms with Crippen LogP contribution in [0.5, 0.6) is 0 Å². The highest BCUT2D eigenvalue weighted by atomic mass is 15.3. The molecule has 1 aromatic carbocycles. The summed E-state index contributed by atoms with van der Waals surface area (Å²) in [5, 5.41) is 7.90. The van der Waals surface area contributed by atoms with Crippen LogP contribution in [-0.2, 0) is 0 Å². The van der Waals surface area contributed by atoms with Crippen LogP contribution in [-0.4, -0.2) is 40.9 Å². The summed E-state index contributed by atoms with van der Waals surface area (Å²) < 4.78 is 1.88. The smallest absolute Gasteiger partial charge is 0.0647 e. The second-order valence-electron chi connectivity index (χ2n) is 6.07. The van der Waals surface area contributed by atoms with Gasteiger partial charge >= 0.3 is 0 Å². The summed E-state index contributed by atoms with van der Waals surface area (Å²) >= 11 is 0. The largest absolute Gasteiger partial charge is 0.382 e. The van der Waals surface area contributed by atoms with Gasteiger partial charge in [0.05, 0.1) is 5.69 Å². The maximum absolute atomic E-state index is 4.25. The molecule has 2 heterocycles. The zero-order chi connectivity index (χ0) is 14.7. The van der Waals surface area contributed by atoms with Gasteiger partial charge in [-0.05, 0) is 76.2 Å². The zero-order valence-electron chi connectivity index (χ0n) is 12.9. The molecule has 0 radical (unpaired) electrons. The Morgan fingerprint density at radius 3 is 2.52 bits per heavy atom. The number of benzene rings is 1. The molecule has 1 aliphatic heterocycles. The third kappa shape index (κ3) is 3.45. The zero-order valence-corrected chi connectivity index (χ0v) is 12.9. The Labute approximate surface area is 126 Å². The van der Waals surface area contributed by atoms with Crippen LogP contribution in [0.25, 0.3) is 5.69 Å². The Morgan fingerprint density at radius 1 is 1.19 bits per heavy atom. The number of nitrogens with one attached hydrogen (secondary N) is 1. The third-order valence-electron chi connectivity index (χ3n) is 4.50. The van der Waals surface area contributed by atoms with Gasteiger partial charge in [0.25, 0.3) is 0 Å². The third-order valence-corrected chi connectivity index (χ3v) is 4.50. The Morgan fingerprint density at radius 2 is 1.90 bits per heavy atom. The number of hydrogen-bond donors (Lipinski definition) is 1. The highest BCUT2D eigenvalue weighted by Crippen LogP contribution is 2.23. The van der Waals surface area contributed by atoms with E-state index in [0.29, 0.717) is 6.04 Å². The molecule has 4 heteroatoms. The minimum Gasteiger partial charge on any atom is -0.382 e. The van der Waals surface area contributed by atoms with Crippen molar-refractivity contribution in [3.63, 3.8) is 0 Å². The van der Waals surface area contributed by atoms with Crippen molar-refractivity contribution in [3.05, 3.63) is 42.7 Å². The lowest BCUT2D eigenvalue weighted by Gasteiger charge is -2.33. The van der Waals surface area contributed by atoms with Gasteiger partial charge in [-0.15, -0.1) is 0 Å². The first-order chi connectivity index (χ1) is 10.2. The maximum Gasteiger partial charge on any atom is 0.0647 e. The first kappa shape index (κ1) is 14.1. The van der Waals surface area contributed by atoms with E-state index in [1.165, 1.54) is 31.6 Å². The summed E-state index contributed by atoms with van der Waals surface area (Å²) in [5.41, 5.74) is 2.29. The van der Waals surface area contributed by atoms with Crippen LogP contribution in [0, 0.1) is 5.92 Å². The predicted molar refractivity (Wildman–Crippen MR) is 86.9 cm³/mol. The van der Waals surface area contributed by atoms with Crippen molar-refractivity contribution in [1.82, 2.24) is 14.7 Å². The topological polar surface area (TPSA) is 33.1 Å². The van der Waals surface area contributed by atoms with Crippen LogP contribution in [0.1, 0.15) is 19.8 Å². The van der Waals surface area contributed by atoms with Crippen LogP contribution in [0.15, 0.2) is 42.7 Å². The lowest BCUT2D eigenvalue weighted by molar-refractivity contribution is 0.208. The maximum atomic E-state index is 4.25. The second kappa shape index (κ2) is 6.31. The highest BCUT2D eigenvalue weighted by molar-refractivity contribution is 5.49. The van der Waals surface area contributed by atoms with E-state index in [4.69, 9.17) is 0 Å². The molecule has 1 N–H and O–H groups in total. The molecular weight excluding hydrogens is 260 g/mol. The van der Waals surface area contributed by atoms with Gasteiger partial charge in [0.2, 0.25) is 0 Å². The SMILES string of the molecule is CC(Nc1ccc(-n2cccn2)cc1)C1CCN(C)CC1. The summed E-state index contributed by atoms with van der Waals surface area (Å²) in [6.07, 6.45) is 6.34. The van der Waals surface area contributed by atoms with Crippen molar-refractivity contribution in [2.75, 3.05) is 25.5 Å². The van der Waals surface area contributed by atoms with Crippen molar-refractivity contribution in [2.45, 2.75) is 25.8 Å². The molecule has 1 aliphatic rings. The van der Waals surface area contributed by atoms with Gasteiger partial charge in [0.1, 0.15) is 0 Å². The van der Waals surface area contributed by atoms with E-state index in [1.807, 2.05) is 16.9 Å². The van der Waals surface area contributed by atoms with Gasteiger partial charge < -0.3 is 10.2 Å². The number of anilines is 1. The van der Waals surface area contributed by atoms with Crippen molar-refractivity contribution in [1.29, 1.82) is 0 Å². The minimum absolute atomic E-state index is 0.522. The molecule has 0 amide bonds. The summed E-state index contributed by atoms with van der Waals surface area (Å²) in [7, 11) is 2.21. The standard InChI is InChI=1S/C17H24N4/c1-14(15-8-12-20(2)13-9-15)19-16-4-6-17(7-5-16)21-11-3-10-18-21/h3-7,10-11,14-15,19H,8-9,12-13H2,1-2H3. The van der Waals surface area contributed by atoms with Crippen LogP contribution in [0.3, 0.4) is 0 Å². The molecule has 1 unspecified atom stereocenters. The van der Waals surface area contributed by atoms with Crippen LogP contribution in [0.2, 0.25) is 0 Å². The average Bonchev–Trinajstić information content (AvgIpc) is 3.03. The van der Waals surface area contributed by atoms with Gasteiger partial charge in [-0.3, -0.25) is 0 Å². The molecule has 112 valence electrons. The number of hydrogen-bond acceptors (Lipinski definition) is 3. The quantitative estimate of drug-likeness (QED) is 0.937. The minimum atomic E-state index is 0.522. The fraction of sp³-hybridized carbons (Fsp3) is 0.471. The van der Waals surface area contributed by atoms with Crippen LogP contribution < -0.4 is 5.32 Å². The van der Waals surface area contributed by atoms with Gasteiger partial charge in [0, 0.05) is 24.1 Å². The van der Waals surface area contributed by atoms with E-state index in [-0.39, 0.29) is 0 Å². The Hall–Kier alpha value is -1.81. The lowest BCUT2D eigenvalue weighted by Crippen LogP contribution is -2.37. The lowest BCUT2D eigenvalue weighted by atomic mass is 9.90. The number of likely N-dealkylation sites (tertiary alicyclic amines) is 1. The summed E-state index contributed by atoms with van der Waals surface area (Å²) in [6.45, 7) is 4.74. The van der Waals surface area contributed by atoms with Gasteiger partial charge in [0.15, 0.2) is 0 Å². The summed E-state index contributed by atoms with van der Waals surface area (Å²) in [6, 6.07) is 11.0. The molecule has 4 nitrogen and oxygen atoms in total. The number of piperidine rings is 1. The molecule has 0 bridgehead atoms. The van der Waals surface area contributed by atoms with Crippen molar-refractivity contribution in [3.8, 4) is 5.69 Å². The molecule has 1 fully saturated rings. The molecule has 1 aromatic heterocycles. The fourth-order valence-electron chi connectivity index (χ4n) is 3.04. The van der Waals surface area contributed by atoms with E-state index >= 15 is 0 Å². The van der Waals surface area contributed by atoms with Gasteiger partial charge in [-0.25, -0.2) is 4.68 Å². The molecular formula is C17H24N4. The van der Waals surface area contributed by atoms with Crippen LogP contribution in [0.4, 0.5) is 5.69 Å². The predicted octanol–water partition coefficient (Wildman–Crippen LogP) is 3.01. The molecule has 0 saturated carbocycles. The first-order valence-corrected chi connectivity index (χ1v) is 7.77. The van der Waals surface area contributed by atoms with E-state index < -0.39 is 0 Å². The normalized spacial score (nSPS) is 18.6. The Balaban J connectivity index is 1.60. The van der Waals surface area contributed by atoms with E-state index in [1.54, 1.807) is 6.20 Å². The fourth-order valence-corrected chi connectivity index (χ4v) is 3.04. The van der Waals surface area contributed by atoms with E-state index in [0.717, 1.165) is 11.6 Å². The molecule has 3 rings (SSSR count). The molecule has 2 aromatic rings. The summed E-state index contributed by atoms with van der Waals surface area (Å²) in [5.74, 6) is 0.770. The highest BCUT2D eigenvalue weighted by Gasteiger charge is 2.21. The number of aromatic nitrogens is 2. The molecule has 1 saturated heterocycles. The number of rotatable bonds is 4. The molecule has 0 spiro atoms. The average molecular weight is 284 g/mol. The molecule has 0 aliphatic carbocycles. The van der Waals surface area contributed by atoms with Crippen molar-refractivity contribution >= 4 is 5.69 Å². The van der Waals surface area contributed by atoms with E-state index in [2.05, 4.69) is 53.6 Å². The monoisotopic (exact) mass is 284 g/mol. The van der Waals surface area contributed by atoms with Crippen molar-refractivity contribution < 1.29 is 0 Å². The first-order valence-electron chi connectivity index (χ1n) is 7.77. The second-order valence-corrected chi connectivity index (χ2v) is 6.07. The number of nitrogens with zero attached hydrogens (tertiary/aromatic N) is 3. The van der Waals surface area contributed by atoms with Gasteiger partial charge in [-0.1, -0.05) is 0 Å². The Bertz CT molecular complexity index is 539. The molecule has 1 atom stereocenters.